The molecular formula is C30H25BrF4N2O6S. The number of esters is 1. The Morgan fingerprint density at radius 3 is 2.32 bits per heavy atom. The largest absolute Gasteiger partial charge is 0.465 e. The van der Waals surface area contributed by atoms with E-state index in [9.17, 15) is 35.6 Å². The number of carbonyl (C=O) groups excluding carboxylic acids is 2. The van der Waals surface area contributed by atoms with Gasteiger partial charge in [-0.3, -0.25) is 4.79 Å². The summed E-state index contributed by atoms with van der Waals surface area (Å²) in [6.45, 7) is -0.485. The number of methoxy groups -OCH3 is 1. The lowest BCUT2D eigenvalue weighted by Crippen LogP contribution is -2.26. The molecule has 0 unspecified atom stereocenters. The van der Waals surface area contributed by atoms with Crippen LogP contribution in [-0.4, -0.2) is 34.5 Å². The van der Waals surface area contributed by atoms with Crippen LogP contribution in [0, 0.1) is 5.82 Å². The number of alkyl halides is 3. The fourth-order valence-electron chi connectivity index (χ4n) is 5.00. The molecular weight excluding hydrogens is 672 g/mol. The number of ether oxygens (including phenoxy) is 1. The van der Waals surface area contributed by atoms with Crippen LogP contribution in [0.4, 0.5) is 17.6 Å². The molecule has 0 radical (unpaired) electrons. The van der Waals surface area contributed by atoms with Crippen LogP contribution < -0.4 is 10.0 Å². The van der Waals surface area contributed by atoms with Crippen LogP contribution in [0.2, 0.25) is 0 Å². The fourth-order valence-corrected chi connectivity index (χ4v) is 6.92. The normalized spacial score (nSPS) is 13.7. The van der Waals surface area contributed by atoms with Crippen molar-refractivity contribution in [2.75, 3.05) is 14.2 Å². The van der Waals surface area contributed by atoms with E-state index in [0.717, 1.165) is 32.1 Å². The van der Waals surface area contributed by atoms with Crippen molar-refractivity contribution >= 4 is 48.8 Å². The summed E-state index contributed by atoms with van der Waals surface area (Å²) in [5, 5.41) is 3.05. The standard InChI is InChI=1S/C30H25BrF4N2O6S/c1-36-28(38)25-21-12-20(15-3-4-15)18(11-23(21)43-27(25)16-5-8-19(32)9-6-16)14-44(40,41)37-13-17-7-10-22(30(33,34)35)26(31)24(17)29(39)42-2/h5-12,15,37H,3-4,13-14H2,1-2H3,(H,36,38). The van der Waals surface area contributed by atoms with Crippen LogP contribution in [-0.2, 0) is 33.2 Å². The highest BCUT2D eigenvalue weighted by atomic mass is 79.9. The first-order valence-electron chi connectivity index (χ1n) is 13.3. The molecule has 4 aromatic rings. The lowest BCUT2D eigenvalue weighted by atomic mass is 9.98. The number of rotatable bonds is 9. The van der Waals surface area contributed by atoms with Crippen molar-refractivity contribution in [3.63, 3.8) is 0 Å². The van der Waals surface area contributed by atoms with Gasteiger partial charge in [-0.05, 0) is 93.8 Å². The summed E-state index contributed by atoms with van der Waals surface area (Å²) in [6, 6.07) is 10.5. The number of halogens is 5. The van der Waals surface area contributed by atoms with Crippen molar-refractivity contribution in [3.8, 4) is 11.3 Å². The SMILES string of the molecule is CNC(=O)c1c(-c2ccc(F)cc2)oc2cc(CS(=O)(=O)NCc3ccc(C(F)(F)F)c(Br)c3C(=O)OC)c(C3CC3)cc12. The molecule has 14 heteroatoms. The highest BCUT2D eigenvalue weighted by Gasteiger charge is 2.36. The molecule has 1 saturated carbocycles. The predicted molar refractivity (Wildman–Crippen MR) is 157 cm³/mol. The molecule has 1 aliphatic carbocycles. The lowest BCUT2D eigenvalue weighted by molar-refractivity contribution is -0.138. The van der Waals surface area contributed by atoms with E-state index < -0.39 is 61.8 Å². The topological polar surface area (TPSA) is 115 Å². The van der Waals surface area contributed by atoms with Gasteiger partial charge in [-0.25, -0.2) is 22.3 Å². The molecule has 3 aromatic carbocycles. The van der Waals surface area contributed by atoms with Crippen LogP contribution >= 0.6 is 15.9 Å². The van der Waals surface area contributed by atoms with E-state index in [4.69, 9.17) is 4.42 Å². The van der Waals surface area contributed by atoms with E-state index in [1.807, 2.05) is 0 Å². The first-order valence-corrected chi connectivity index (χ1v) is 15.7. The predicted octanol–water partition coefficient (Wildman–Crippen LogP) is 6.66. The zero-order chi connectivity index (χ0) is 32.0. The molecule has 0 saturated heterocycles. The Morgan fingerprint density at radius 2 is 1.73 bits per heavy atom. The first kappa shape index (κ1) is 31.7. The van der Waals surface area contributed by atoms with Gasteiger partial charge < -0.3 is 14.5 Å². The fraction of sp³-hybridized carbons (Fsp3) is 0.267. The number of nitrogens with one attached hydrogen (secondary N) is 2. The lowest BCUT2D eigenvalue weighted by Gasteiger charge is -2.16. The number of sulfonamides is 1. The van der Waals surface area contributed by atoms with Crippen LogP contribution in [0.15, 0.2) is 57.4 Å². The molecule has 0 atom stereocenters. The van der Waals surface area contributed by atoms with Gasteiger partial charge in [0, 0.05) is 29.0 Å². The van der Waals surface area contributed by atoms with E-state index >= 15 is 0 Å². The zero-order valence-electron chi connectivity index (χ0n) is 23.3. The van der Waals surface area contributed by atoms with Crippen molar-refractivity contribution < 1.29 is 44.7 Å². The third-order valence-corrected chi connectivity index (χ3v) is 9.38. The molecule has 1 heterocycles. The number of hydrogen-bond acceptors (Lipinski definition) is 6. The van der Waals surface area contributed by atoms with Crippen LogP contribution in [0.1, 0.15) is 61.7 Å². The number of amides is 1. The number of hydrogen-bond donors (Lipinski definition) is 2. The summed E-state index contributed by atoms with van der Waals surface area (Å²) in [5.74, 6) is -2.22. The van der Waals surface area contributed by atoms with E-state index in [1.54, 1.807) is 12.1 Å². The van der Waals surface area contributed by atoms with Gasteiger partial charge in [-0.15, -0.1) is 0 Å². The average Bonchev–Trinajstić information content (AvgIpc) is 3.75. The number of furan rings is 1. The first-order chi connectivity index (χ1) is 20.7. The Labute approximate surface area is 257 Å². The van der Waals surface area contributed by atoms with E-state index in [2.05, 4.69) is 30.7 Å². The molecule has 0 aliphatic heterocycles. The second-order valence-electron chi connectivity index (χ2n) is 10.2. The highest BCUT2D eigenvalue weighted by molar-refractivity contribution is 9.10. The molecule has 8 nitrogen and oxygen atoms in total. The van der Waals surface area contributed by atoms with Gasteiger partial charge in [0.25, 0.3) is 5.91 Å². The summed E-state index contributed by atoms with van der Waals surface area (Å²) in [4.78, 5) is 25.3. The summed E-state index contributed by atoms with van der Waals surface area (Å²) >= 11 is 2.83. The zero-order valence-corrected chi connectivity index (χ0v) is 25.7. The van der Waals surface area contributed by atoms with Gasteiger partial charge in [0.05, 0.1) is 29.6 Å². The summed E-state index contributed by atoms with van der Waals surface area (Å²) in [7, 11) is -1.65. The monoisotopic (exact) mass is 696 g/mol. The van der Waals surface area contributed by atoms with E-state index in [1.165, 1.54) is 31.3 Å². The molecule has 232 valence electrons. The molecule has 1 aliphatic rings. The molecule has 1 aromatic heterocycles. The van der Waals surface area contributed by atoms with Crippen LogP contribution in [0.3, 0.4) is 0 Å². The smallest absolute Gasteiger partial charge is 0.417 e. The highest BCUT2D eigenvalue weighted by Crippen LogP contribution is 2.45. The Balaban J connectivity index is 1.50. The van der Waals surface area contributed by atoms with Gasteiger partial charge in [0.15, 0.2) is 0 Å². The molecule has 1 amide bonds. The van der Waals surface area contributed by atoms with Crippen molar-refractivity contribution in [1.29, 1.82) is 0 Å². The second-order valence-corrected chi connectivity index (χ2v) is 12.8. The Morgan fingerprint density at radius 1 is 1.05 bits per heavy atom. The number of benzene rings is 3. The second kappa shape index (κ2) is 12.0. The minimum Gasteiger partial charge on any atom is -0.465 e. The minimum atomic E-state index is -4.77. The third kappa shape index (κ3) is 6.37. The molecule has 2 N–H and O–H groups in total. The van der Waals surface area contributed by atoms with Crippen molar-refractivity contribution in [3.05, 3.63) is 92.2 Å². The van der Waals surface area contributed by atoms with Gasteiger partial charge in [0.2, 0.25) is 10.0 Å². The van der Waals surface area contributed by atoms with Gasteiger partial charge in [0.1, 0.15) is 17.2 Å². The van der Waals surface area contributed by atoms with Crippen LogP contribution in [0.5, 0.6) is 0 Å². The van der Waals surface area contributed by atoms with Crippen LogP contribution in [0.25, 0.3) is 22.3 Å². The third-order valence-electron chi connectivity index (χ3n) is 7.28. The number of carbonyl (C=O) groups is 2. The maximum atomic E-state index is 13.6. The molecule has 1 fully saturated rings. The molecule has 5 rings (SSSR count). The summed E-state index contributed by atoms with van der Waals surface area (Å²) in [6.07, 6.45) is -3.14. The quantitative estimate of drug-likeness (QED) is 0.149. The average molecular weight is 698 g/mol. The number of fused-ring (bicyclic) bond motifs is 1. The Bertz CT molecular complexity index is 1880. The van der Waals surface area contributed by atoms with Gasteiger partial charge in [-0.2, -0.15) is 13.2 Å². The Hall–Kier alpha value is -3.75. The molecule has 44 heavy (non-hydrogen) atoms. The van der Waals surface area contributed by atoms with E-state index in [0.29, 0.717) is 22.1 Å². The van der Waals surface area contributed by atoms with Gasteiger partial charge in [-0.1, -0.05) is 6.07 Å². The molecule has 0 spiro atoms. The van der Waals surface area contributed by atoms with Crippen molar-refractivity contribution in [2.45, 2.75) is 37.2 Å². The van der Waals surface area contributed by atoms with E-state index in [-0.39, 0.29) is 28.4 Å². The van der Waals surface area contributed by atoms with Crippen molar-refractivity contribution in [2.24, 2.45) is 0 Å². The maximum absolute atomic E-state index is 13.6. The summed E-state index contributed by atoms with van der Waals surface area (Å²) < 4.78 is 93.0. The summed E-state index contributed by atoms with van der Waals surface area (Å²) in [5.41, 5.74) is 0.475. The Kier molecular flexibility index (Phi) is 8.62. The van der Waals surface area contributed by atoms with Gasteiger partial charge >= 0.3 is 12.1 Å². The molecule has 0 bridgehead atoms. The maximum Gasteiger partial charge on any atom is 0.417 e. The minimum absolute atomic E-state index is 0.0247. The van der Waals surface area contributed by atoms with Crippen molar-refractivity contribution in [1.82, 2.24) is 10.0 Å².